The quantitative estimate of drug-likeness (QED) is 0.754. The maximum atomic E-state index is 12.5. The van der Waals surface area contributed by atoms with Crippen LogP contribution in [0.5, 0.6) is 0 Å². The zero-order valence-corrected chi connectivity index (χ0v) is 8.27. The third-order valence-corrected chi connectivity index (χ3v) is 1.99. The molecule has 0 fully saturated rings. The van der Waals surface area contributed by atoms with Crippen molar-refractivity contribution in [2.45, 2.75) is 6.54 Å². The van der Waals surface area contributed by atoms with E-state index in [0.717, 1.165) is 11.8 Å². The van der Waals surface area contributed by atoms with Crippen LogP contribution in [0.25, 0.3) is 0 Å². The van der Waals surface area contributed by atoms with Crippen LogP contribution < -0.4 is 5.32 Å². The highest BCUT2D eigenvalue weighted by molar-refractivity contribution is 5.93. The van der Waals surface area contributed by atoms with Crippen LogP contribution in [0.3, 0.4) is 0 Å². The molecular formula is C10H9FN4O. The second-order valence-electron chi connectivity index (χ2n) is 3.13. The van der Waals surface area contributed by atoms with Crippen molar-refractivity contribution in [2.75, 3.05) is 0 Å². The van der Waals surface area contributed by atoms with Crippen molar-refractivity contribution >= 4 is 5.91 Å². The molecule has 1 amide bonds. The van der Waals surface area contributed by atoms with Crippen LogP contribution in [-0.2, 0) is 6.54 Å². The number of amides is 1. The number of nitrogens with zero attached hydrogens (tertiary/aromatic N) is 2. The lowest BCUT2D eigenvalue weighted by Gasteiger charge is -2.02. The Balaban J connectivity index is 1.95. The number of hydrogen-bond donors (Lipinski definition) is 2. The highest BCUT2D eigenvalue weighted by atomic mass is 19.1. The fourth-order valence-electron chi connectivity index (χ4n) is 1.17. The van der Waals surface area contributed by atoms with E-state index in [9.17, 15) is 9.18 Å². The number of pyridine rings is 1. The molecule has 2 rings (SSSR count). The first-order valence-electron chi connectivity index (χ1n) is 4.64. The van der Waals surface area contributed by atoms with Crippen LogP contribution in [0.4, 0.5) is 4.39 Å². The minimum absolute atomic E-state index is 0.304. The van der Waals surface area contributed by atoms with Gasteiger partial charge in [-0.05, 0) is 18.2 Å². The topological polar surface area (TPSA) is 70.7 Å². The number of aromatic amines is 1. The second kappa shape index (κ2) is 4.52. The average molecular weight is 220 g/mol. The summed E-state index contributed by atoms with van der Waals surface area (Å²) in [6, 6.07) is 4.28. The number of H-pyrrole nitrogens is 1. The van der Waals surface area contributed by atoms with Crippen molar-refractivity contribution in [3.63, 3.8) is 0 Å². The number of nitrogens with one attached hydrogen (secondary N) is 2. The second-order valence-corrected chi connectivity index (χ2v) is 3.13. The van der Waals surface area contributed by atoms with Crippen molar-refractivity contribution in [3.05, 3.63) is 47.8 Å². The molecule has 0 aliphatic rings. The predicted octanol–water partition coefficient (Wildman–Crippen LogP) is 0.874. The first kappa shape index (κ1) is 10.3. The van der Waals surface area contributed by atoms with Gasteiger partial charge in [0.1, 0.15) is 0 Å². The summed E-state index contributed by atoms with van der Waals surface area (Å²) in [6.07, 6.45) is 2.79. The molecule has 0 radical (unpaired) electrons. The van der Waals surface area contributed by atoms with Crippen LogP contribution >= 0.6 is 0 Å². The summed E-state index contributed by atoms with van der Waals surface area (Å²) in [5, 5.41) is 9.11. The largest absolute Gasteiger partial charge is 0.346 e. The molecule has 16 heavy (non-hydrogen) atoms. The van der Waals surface area contributed by atoms with E-state index in [0.29, 0.717) is 12.1 Å². The van der Waals surface area contributed by atoms with Crippen molar-refractivity contribution in [3.8, 4) is 0 Å². The Bertz CT molecular complexity index is 466. The molecule has 0 aliphatic heterocycles. The summed E-state index contributed by atoms with van der Waals surface area (Å²) in [5.74, 6) is -0.910. The molecular weight excluding hydrogens is 211 g/mol. The smallest absolute Gasteiger partial charge is 0.253 e. The van der Waals surface area contributed by atoms with Gasteiger partial charge in [0, 0.05) is 12.4 Å². The number of carbonyl (C=O) groups is 1. The van der Waals surface area contributed by atoms with E-state index in [1.54, 1.807) is 12.3 Å². The summed E-state index contributed by atoms with van der Waals surface area (Å²) in [6.45, 7) is 0.343. The first-order valence-corrected chi connectivity index (χ1v) is 4.64. The molecule has 0 saturated carbocycles. The van der Waals surface area contributed by atoms with E-state index >= 15 is 0 Å². The Labute approximate surface area is 90.7 Å². The van der Waals surface area contributed by atoms with Crippen molar-refractivity contribution in [2.24, 2.45) is 0 Å². The van der Waals surface area contributed by atoms with Crippen LogP contribution in [0.2, 0.25) is 0 Å². The van der Waals surface area contributed by atoms with Crippen molar-refractivity contribution < 1.29 is 9.18 Å². The van der Waals surface area contributed by atoms with Crippen LogP contribution in [0.15, 0.2) is 30.6 Å². The van der Waals surface area contributed by atoms with Gasteiger partial charge in [0.25, 0.3) is 5.91 Å². The number of halogens is 1. The SMILES string of the molecule is O=C(NCc1ccn[nH]1)c1ccc(F)nc1. The van der Waals surface area contributed by atoms with Gasteiger partial charge in [-0.2, -0.15) is 9.49 Å². The maximum absolute atomic E-state index is 12.5. The third-order valence-electron chi connectivity index (χ3n) is 1.99. The van der Waals surface area contributed by atoms with Crippen LogP contribution in [0, 0.1) is 5.95 Å². The molecule has 0 aliphatic carbocycles. The van der Waals surface area contributed by atoms with Gasteiger partial charge in [-0.1, -0.05) is 0 Å². The van der Waals surface area contributed by atoms with E-state index in [1.807, 2.05) is 0 Å². The molecule has 0 unspecified atom stereocenters. The Morgan fingerprint density at radius 1 is 1.44 bits per heavy atom. The average Bonchev–Trinajstić information content (AvgIpc) is 2.80. The number of hydrogen-bond acceptors (Lipinski definition) is 3. The molecule has 0 aromatic carbocycles. The van der Waals surface area contributed by atoms with Gasteiger partial charge in [-0.25, -0.2) is 4.98 Å². The van der Waals surface area contributed by atoms with E-state index in [1.165, 1.54) is 12.3 Å². The molecule has 2 N–H and O–H groups in total. The molecule has 0 atom stereocenters. The first-order chi connectivity index (χ1) is 7.75. The number of aromatic nitrogens is 3. The molecule has 2 aromatic rings. The van der Waals surface area contributed by atoms with Crippen LogP contribution in [0.1, 0.15) is 16.1 Å². The molecule has 2 aromatic heterocycles. The van der Waals surface area contributed by atoms with Gasteiger partial charge < -0.3 is 5.32 Å². The molecule has 5 nitrogen and oxygen atoms in total. The van der Waals surface area contributed by atoms with Gasteiger partial charge in [-0.3, -0.25) is 9.89 Å². The maximum Gasteiger partial charge on any atom is 0.253 e. The summed E-state index contributed by atoms with van der Waals surface area (Å²) < 4.78 is 12.5. The molecule has 2 heterocycles. The standard InChI is InChI=1S/C10H9FN4O/c11-9-2-1-7(5-12-9)10(16)13-6-8-3-4-14-15-8/h1-5H,6H2,(H,13,16)(H,14,15). The fraction of sp³-hybridized carbons (Fsp3) is 0.100. The number of rotatable bonds is 3. The van der Waals surface area contributed by atoms with Gasteiger partial charge in [0.2, 0.25) is 5.95 Å². The molecule has 0 spiro atoms. The minimum atomic E-state index is -0.606. The van der Waals surface area contributed by atoms with Crippen molar-refractivity contribution in [1.82, 2.24) is 20.5 Å². The summed E-state index contributed by atoms with van der Waals surface area (Å²) in [4.78, 5) is 14.9. The van der Waals surface area contributed by atoms with Gasteiger partial charge in [0.15, 0.2) is 0 Å². The highest BCUT2D eigenvalue weighted by Crippen LogP contribution is 1.99. The van der Waals surface area contributed by atoms with Gasteiger partial charge in [-0.15, -0.1) is 0 Å². The molecule has 0 saturated heterocycles. The van der Waals surface area contributed by atoms with Crippen LogP contribution in [-0.4, -0.2) is 21.1 Å². The zero-order chi connectivity index (χ0) is 11.4. The Morgan fingerprint density at radius 3 is 2.94 bits per heavy atom. The van der Waals surface area contributed by atoms with E-state index in [2.05, 4.69) is 20.5 Å². The molecule has 0 bridgehead atoms. The fourth-order valence-corrected chi connectivity index (χ4v) is 1.17. The monoisotopic (exact) mass is 220 g/mol. The summed E-state index contributed by atoms with van der Waals surface area (Å²) in [7, 11) is 0. The van der Waals surface area contributed by atoms with Gasteiger partial charge in [0.05, 0.1) is 17.8 Å². The Hall–Kier alpha value is -2.24. The lowest BCUT2D eigenvalue weighted by atomic mass is 10.2. The summed E-state index contributed by atoms with van der Waals surface area (Å²) in [5.41, 5.74) is 1.12. The predicted molar refractivity (Wildman–Crippen MR) is 54.0 cm³/mol. The van der Waals surface area contributed by atoms with E-state index in [4.69, 9.17) is 0 Å². The minimum Gasteiger partial charge on any atom is -0.346 e. The molecule has 82 valence electrons. The third kappa shape index (κ3) is 2.41. The summed E-state index contributed by atoms with van der Waals surface area (Å²) >= 11 is 0. The lowest BCUT2D eigenvalue weighted by molar-refractivity contribution is 0.0950. The van der Waals surface area contributed by atoms with E-state index < -0.39 is 5.95 Å². The lowest BCUT2D eigenvalue weighted by Crippen LogP contribution is -2.23. The normalized spacial score (nSPS) is 10.1. The van der Waals surface area contributed by atoms with E-state index in [-0.39, 0.29) is 5.91 Å². The van der Waals surface area contributed by atoms with Gasteiger partial charge >= 0.3 is 0 Å². The number of carbonyl (C=O) groups excluding carboxylic acids is 1. The Morgan fingerprint density at radius 2 is 2.31 bits per heavy atom. The molecule has 6 heteroatoms. The van der Waals surface area contributed by atoms with Crippen molar-refractivity contribution in [1.29, 1.82) is 0 Å². The Kier molecular flexibility index (Phi) is 2.90. The zero-order valence-electron chi connectivity index (χ0n) is 8.27. The highest BCUT2D eigenvalue weighted by Gasteiger charge is 2.05.